The van der Waals surface area contributed by atoms with Crippen molar-refractivity contribution >= 4 is 23.6 Å². The number of benzene rings is 2. The number of rotatable bonds is 4. The van der Waals surface area contributed by atoms with Crippen LogP contribution in [0.4, 0.5) is 14.9 Å². The van der Waals surface area contributed by atoms with E-state index in [0.29, 0.717) is 5.69 Å². The van der Waals surface area contributed by atoms with Crippen LogP contribution in [0.5, 0.6) is 0 Å². The first-order chi connectivity index (χ1) is 12.8. The van der Waals surface area contributed by atoms with Gasteiger partial charge in [-0.15, -0.1) is 0 Å². The average Bonchev–Trinajstić information content (AvgIpc) is 2.82. The third-order valence-electron chi connectivity index (χ3n) is 4.57. The highest BCUT2D eigenvalue weighted by Crippen LogP contribution is 2.34. The number of para-hydroxylation sites is 1. The first-order valence-electron chi connectivity index (χ1n) is 8.35. The average molecular weight is 370 g/mol. The van der Waals surface area contributed by atoms with Gasteiger partial charge in [0.25, 0.3) is 5.91 Å². The molecular formula is C20H19FN2O4. The van der Waals surface area contributed by atoms with E-state index in [1.807, 2.05) is 6.07 Å². The fourth-order valence-corrected chi connectivity index (χ4v) is 3.11. The number of imide groups is 1. The van der Waals surface area contributed by atoms with Crippen LogP contribution >= 0.6 is 0 Å². The highest BCUT2D eigenvalue weighted by molar-refractivity contribution is 6.16. The second-order valence-electron chi connectivity index (χ2n) is 6.70. The van der Waals surface area contributed by atoms with E-state index in [9.17, 15) is 18.8 Å². The Bertz CT molecular complexity index is 911. The van der Waals surface area contributed by atoms with Crippen LogP contribution in [-0.2, 0) is 16.1 Å². The molecule has 0 aromatic heterocycles. The van der Waals surface area contributed by atoms with Crippen LogP contribution in [0.25, 0.3) is 0 Å². The summed E-state index contributed by atoms with van der Waals surface area (Å²) in [6.07, 6.45) is 0. The van der Waals surface area contributed by atoms with Crippen molar-refractivity contribution in [1.82, 2.24) is 4.90 Å². The number of methoxy groups -OCH3 is 1. The fraction of sp³-hybridized carbons (Fsp3) is 0.250. The number of amides is 3. The second kappa shape index (κ2) is 6.83. The third-order valence-corrected chi connectivity index (χ3v) is 4.57. The third kappa shape index (κ3) is 3.16. The Morgan fingerprint density at radius 1 is 1.11 bits per heavy atom. The van der Waals surface area contributed by atoms with Gasteiger partial charge in [0, 0.05) is 11.3 Å². The molecule has 0 bridgehead atoms. The van der Waals surface area contributed by atoms with Crippen molar-refractivity contribution in [2.24, 2.45) is 0 Å². The molecule has 2 aromatic rings. The number of carbonyl (C=O) groups excluding carboxylic acids is 3. The second-order valence-corrected chi connectivity index (χ2v) is 6.70. The van der Waals surface area contributed by atoms with Crippen molar-refractivity contribution in [2.45, 2.75) is 25.9 Å². The molecule has 0 saturated carbocycles. The summed E-state index contributed by atoms with van der Waals surface area (Å²) in [5.41, 5.74) is -0.315. The van der Waals surface area contributed by atoms with Crippen LogP contribution in [-0.4, -0.2) is 35.5 Å². The minimum Gasteiger partial charge on any atom is -0.465 e. The first-order valence-corrected chi connectivity index (χ1v) is 8.35. The van der Waals surface area contributed by atoms with Gasteiger partial charge in [-0.25, -0.2) is 14.0 Å². The van der Waals surface area contributed by atoms with Crippen LogP contribution in [0.1, 0.15) is 29.8 Å². The zero-order valence-corrected chi connectivity index (χ0v) is 15.2. The Balaban J connectivity index is 1.91. The summed E-state index contributed by atoms with van der Waals surface area (Å²) in [5, 5.41) is 0. The van der Waals surface area contributed by atoms with Crippen LogP contribution in [0.15, 0.2) is 48.5 Å². The van der Waals surface area contributed by atoms with E-state index in [4.69, 9.17) is 0 Å². The van der Waals surface area contributed by atoms with Gasteiger partial charge in [0.05, 0.1) is 19.2 Å². The number of carbonyl (C=O) groups is 3. The number of ether oxygens (including phenoxy) is 1. The van der Waals surface area contributed by atoms with Crippen molar-refractivity contribution in [3.63, 3.8) is 0 Å². The number of anilines is 1. The largest absolute Gasteiger partial charge is 0.465 e. The predicted octanol–water partition coefficient (Wildman–Crippen LogP) is 3.36. The molecule has 1 aliphatic rings. The Labute approximate surface area is 156 Å². The van der Waals surface area contributed by atoms with E-state index >= 15 is 0 Å². The van der Waals surface area contributed by atoms with Crippen molar-refractivity contribution in [2.75, 3.05) is 12.0 Å². The summed E-state index contributed by atoms with van der Waals surface area (Å²) >= 11 is 0. The molecule has 3 rings (SSSR count). The van der Waals surface area contributed by atoms with Gasteiger partial charge in [0.1, 0.15) is 11.4 Å². The van der Waals surface area contributed by atoms with Gasteiger partial charge in [-0.3, -0.25) is 14.6 Å². The SMILES string of the molecule is COC(=O)c1ccc(CN2C(=O)N(c3ccccc3)C(C)(C)C2=O)c(F)c1. The van der Waals surface area contributed by atoms with Gasteiger partial charge in [0.2, 0.25) is 0 Å². The number of esters is 1. The summed E-state index contributed by atoms with van der Waals surface area (Å²) in [5.74, 6) is -1.77. The summed E-state index contributed by atoms with van der Waals surface area (Å²) in [6.45, 7) is 3.08. The maximum atomic E-state index is 14.4. The lowest BCUT2D eigenvalue weighted by Gasteiger charge is -2.27. The van der Waals surface area contributed by atoms with Crippen LogP contribution in [0.3, 0.4) is 0 Å². The monoisotopic (exact) mass is 370 g/mol. The fourth-order valence-electron chi connectivity index (χ4n) is 3.11. The minimum absolute atomic E-state index is 0.0593. The molecule has 3 amide bonds. The smallest absolute Gasteiger partial charge is 0.337 e. The number of hydrogen-bond donors (Lipinski definition) is 0. The molecule has 140 valence electrons. The topological polar surface area (TPSA) is 66.9 Å². The molecule has 0 N–H and O–H groups in total. The maximum absolute atomic E-state index is 14.4. The van der Waals surface area contributed by atoms with Crippen molar-refractivity contribution < 1.29 is 23.5 Å². The Hall–Kier alpha value is -3.22. The lowest BCUT2D eigenvalue weighted by Crippen LogP contribution is -2.44. The molecule has 0 atom stereocenters. The molecule has 2 aromatic carbocycles. The quantitative estimate of drug-likeness (QED) is 0.611. The molecule has 1 heterocycles. The predicted molar refractivity (Wildman–Crippen MR) is 96.7 cm³/mol. The van der Waals surface area contributed by atoms with E-state index in [1.165, 1.54) is 24.1 Å². The first kappa shape index (κ1) is 18.6. The molecule has 1 fully saturated rings. The molecule has 6 nitrogen and oxygen atoms in total. The van der Waals surface area contributed by atoms with Gasteiger partial charge in [-0.2, -0.15) is 0 Å². The number of nitrogens with zero attached hydrogens (tertiary/aromatic N) is 2. The van der Waals surface area contributed by atoms with E-state index in [1.54, 1.807) is 38.1 Å². The van der Waals surface area contributed by atoms with E-state index in [-0.39, 0.29) is 17.7 Å². The summed E-state index contributed by atoms with van der Waals surface area (Å²) < 4.78 is 19.0. The molecule has 0 spiro atoms. The van der Waals surface area contributed by atoms with Crippen LogP contribution in [0, 0.1) is 5.82 Å². The van der Waals surface area contributed by atoms with Gasteiger partial charge in [-0.1, -0.05) is 24.3 Å². The van der Waals surface area contributed by atoms with Gasteiger partial charge < -0.3 is 4.74 Å². The zero-order valence-electron chi connectivity index (χ0n) is 15.2. The summed E-state index contributed by atoms with van der Waals surface area (Å²) in [7, 11) is 1.20. The Morgan fingerprint density at radius 3 is 2.37 bits per heavy atom. The van der Waals surface area contributed by atoms with E-state index in [0.717, 1.165) is 11.0 Å². The van der Waals surface area contributed by atoms with Crippen molar-refractivity contribution in [1.29, 1.82) is 0 Å². The molecule has 7 heteroatoms. The van der Waals surface area contributed by atoms with Gasteiger partial charge in [0.15, 0.2) is 0 Å². The lowest BCUT2D eigenvalue weighted by atomic mass is 10.0. The zero-order chi connectivity index (χ0) is 19.8. The Morgan fingerprint density at radius 2 is 1.78 bits per heavy atom. The van der Waals surface area contributed by atoms with E-state index < -0.39 is 29.3 Å². The molecular weight excluding hydrogens is 351 g/mol. The molecule has 0 radical (unpaired) electrons. The lowest BCUT2D eigenvalue weighted by molar-refractivity contribution is -0.130. The highest BCUT2D eigenvalue weighted by Gasteiger charge is 2.51. The maximum Gasteiger partial charge on any atom is 0.337 e. The standard InChI is InChI=1S/C20H19FN2O4/c1-20(2)18(25)22(19(26)23(20)15-7-5-4-6-8-15)12-14-10-9-13(11-16(14)21)17(24)27-3/h4-11H,12H2,1-3H3. The molecule has 1 aliphatic heterocycles. The number of halogens is 1. The van der Waals surface area contributed by atoms with Crippen LogP contribution < -0.4 is 4.90 Å². The molecule has 0 unspecified atom stereocenters. The van der Waals surface area contributed by atoms with Crippen molar-refractivity contribution in [3.05, 3.63) is 65.5 Å². The summed E-state index contributed by atoms with van der Waals surface area (Å²) in [6, 6.07) is 12.1. The number of urea groups is 1. The summed E-state index contributed by atoms with van der Waals surface area (Å²) in [4.78, 5) is 39.6. The Kier molecular flexibility index (Phi) is 4.70. The molecule has 1 saturated heterocycles. The van der Waals surface area contributed by atoms with Gasteiger partial charge in [-0.05, 0) is 38.1 Å². The highest BCUT2D eigenvalue weighted by atomic mass is 19.1. The minimum atomic E-state index is -1.10. The van der Waals surface area contributed by atoms with E-state index in [2.05, 4.69) is 4.74 Å². The molecule has 0 aliphatic carbocycles. The van der Waals surface area contributed by atoms with Crippen molar-refractivity contribution in [3.8, 4) is 0 Å². The molecule has 27 heavy (non-hydrogen) atoms. The normalized spacial score (nSPS) is 16.0. The number of hydrogen-bond acceptors (Lipinski definition) is 4. The van der Waals surface area contributed by atoms with Crippen LogP contribution in [0.2, 0.25) is 0 Å². The van der Waals surface area contributed by atoms with Gasteiger partial charge >= 0.3 is 12.0 Å².